The van der Waals surface area contributed by atoms with Gasteiger partial charge in [-0.15, -0.1) is 11.3 Å². The highest BCUT2D eigenvalue weighted by Crippen LogP contribution is 2.44. The number of thiophene rings is 1. The first-order valence-corrected chi connectivity index (χ1v) is 14.2. The fraction of sp³-hybridized carbons (Fsp3) is 0. The molecule has 8 aromatic carbocycles. The van der Waals surface area contributed by atoms with E-state index in [1.165, 1.54) is 85.2 Å². The number of rotatable bonds is 1. The average Bonchev–Trinajstić information content (AvgIpc) is 3.36. The van der Waals surface area contributed by atoms with E-state index < -0.39 is 0 Å². The highest BCUT2D eigenvalue weighted by Gasteiger charge is 2.15. The summed E-state index contributed by atoms with van der Waals surface area (Å²) >= 11 is 1.90. The van der Waals surface area contributed by atoms with Gasteiger partial charge in [0.1, 0.15) is 0 Å². The molecule has 0 saturated carbocycles. The largest absolute Gasteiger partial charge is 0.135 e. The number of benzene rings is 8. The molecule has 0 saturated heterocycles. The van der Waals surface area contributed by atoms with Crippen LogP contribution in [0.3, 0.4) is 0 Å². The van der Waals surface area contributed by atoms with Crippen LogP contribution in [0.5, 0.6) is 0 Å². The van der Waals surface area contributed by atoms with E-state index in [1.54, 1.807) is 0 Å². The Hall–Kier alpha value is -4.72. The molecule has 0 aliphatic rings. The Morgan fingerprint density at radius 2 is 0.949 bits per heavy atom. The van der Waals surface area contributed by atoms with Gasteiger partial charge >= 0.3 is 0 Å². The Morgan fingerprint density at radius 3 is 1.82 bits per heavy atom. The molecule has 1 heteroatoms. The van der Waals surface area contributed by atoms with Crippen LogP contribution in [0.4, 0.5) is 0 Å². The lowest BCUT2D eigenvalue weighted by atomic mass is 9.90. The topological polar surface area (TPSA) is 0 Å². The fourth-order valence-electron chi connectivity index (χ4n) is 6.54. The molecule has 0 aliphatic heterocycles. The van der Waals surface area contributed by atoms with E-state index in [-0.39, 0.29) is 0 Å². The second-order valence-electron chi connectivity index (χ2n) is 10.5. The number of fused-ring (bicyclic) bond motifs is 12. The molecular weight excluding hydrogens is 488 g/mol. The van der Waals surface area contributed by atoms with Gasteiger partial charge in [-0.1, -0.05) is 103 Å². The summed E-state index contributed by atoms with van der Waals surface area (Å²) in [6.07, 6.45) is 0. The van der Waals surface area contributed by atoms with Crippen molar-refractivity contribution in [3.63, 3.8) is 0 Å². The zero-order valence-electron chi connectivity index (χ0n) is 21.1. The van der Waals surface area contributed by atoms with Crippen LogP contribution < -0.4 is 0 Å². The first-order valence-electron chi connectivity index (χ1n) is 13.4. The number of hydrogen-bond donors (Lipinski definition) is 0. The van der Waals surface area contributed by atoms with Crippen molar-refractivity contribution in [1.29, 1.82) is 0 Å². The van der Waals surface area contributed by atoms with E-state index in [9.17, 15) is 0 Å². The summed E-state index contributed by atoms with van der Waals surface area (Å²) in [6, 6.07) is 49.5. The average molecular weight is 511 g/mol. The molecule has 0 nitrogen and oxygen atoms in total. The Bertz CT molecular complexity index is 2440. The summed E-state index contributed by atoms with van der Waals surface area (Å²) in [5.74, 6) is 0. The second kappa shape index (κ2) is 7.89. The van der Waals surface area contributed by atoms with Gasteiger partial charge in [0.05, 0.1) is 0 Å². The summed E-state index contributed by atoms with van der Waals surface area (Å²) in [5.41, 5.74) is 2.53. The van der Waals surface area contributed by atoms with E-state index >= 15 is 0 Å². The van der Waals surface area contributed by atoms with Crippen LogP contribution >= 0.6 is 11.3 Å². The standard InChI is InChI=1S/C38H22S/c1-2-9-25-19-26(14-13-23(25)7-1)27-16-18-36-33(20-27)34-21-32-30-12-6-5-11-29(30)31-17-15-24-8-3-4-10-28(24)38(31)35(32)22-37(34)39-36/h1-22H. The van der Waals surface area contributed by atoms with Crippen molar-refractivity contribution in [2.45, 2.75) is 0 Å². The lowest BCUT2D eigenvalue weighted by Crippen LogP contribution is -1.85. The van der Waals surface area contributed by atoms with Crippen molar-refractivity contribution in [3.05, 3.63) is 133 Å². The first kappa shape index (κ1) is 21.2. The highest BCUT2D eigenvalue weighted by atomic mass is 32.1. The zero-order valence-corrected chi connectivity index (χ0v) is 21.9. The predicted octanol–water partition coefficient (Wildman–Crippen LogP) is 11.5. The molecule has 0 unspecified atom stereocenters. The lowest BCUT2D eigenvalue weighted by Gasteiger charge is -2.13. The van der Waals surface area contributed by atoms with E-state index in [0.29, 0.717) is 0 Å². The maximum atomic E-state index is 2.46. The highest BCUT2D eigenvalue weighted by molar-refractivity contribution is 7.25. The van der Waals surface area contributed by atoms with Gasteiger partial charge in [0, 0.05) is 20.2 Å². The third-order valence-corrected chi connectivity index (χ3v) is 9.53. The minimum absolute atomic E-state index is 1.26. The third kappa shape index (κ3) is 3.05. The fourth-order valence-corrected chi connectivity index (χ4v) is 7.65. The van der Waals surface area contributed by atoms with E-state index in [0.717, 1.165) is 0 Å². The van der Waals surface area contributed by atoms with Crippen LogP contribution in [0.25, 0.3) is 85.2 Å². The van der Waals surface area contributed by atoms with E-state index in [1.807, 2.05) is 11.3 Å². The monoisotopic (exact) mass is 510 g/mol. The van der Waals surface area contributed by atoms with Gasteiger partial charge in [0.25, 0.3) is 0 Å². The molecule has 0 radical (unpaired) electrons. The van der Waals surface area contributed by atoms with Gasteiger partial charge < -0.3 is 0 Å². The van der Waals surface area contributed by atoms with Gasteiger partial charge in [-0.05, 0) is 95.3 Å². The normalized spacial score (nSPS) is 12.1. The van der Waals surface area contributed by atoms with Crippen LogP contribution in [-0.2, 0) is 0 Å². The maximum absolute atomic E-state index is 2.46. The van der Waals surface area contributed by atoms with Crippen LogP contribution in [-0.4, -0.2) is 0 Å². The summed E-state index contributed by atoms with van der Waals surface area (Å²) in [4.78, 5) is 0. The van der Waals surface area contributed by atoms with Gasteiger partial charge in [-0.3, -0.25) is 0 Å². The Balaban J connectivity index is 1.39. The molecule has 0 fully saturated rings. The molecular formula is C38H22S. The van der Waals surface area contributed by atoms with Gasteiger partial charge in [-0.25, -0.2) is 0 Å². The van der Waals surface area contributed by atoms with Crippen LogP contribution in [0.1, 0.15) is 0 Å². The molecule has 9 aromatic rings. The van der Waals surface area contributed by atoms with Gasteiger partial charge in [0.15, 0.2) is 0 Å². The minimum atomic E-state index is 1.26. The van der Waals surface area contributed by atoms with Crippen molar-refractivity contribution in [3.8, 4) is 11.1 Å². The molecule has 0 N–H and O–H groups in total. The van der Waals surface area contributed by atoms with Crippen LogP contribution in [0, 0.1) is 0 Å². The summed E-state index contributed by atoms with van der Waals surface area (Å²) in [6.45, 7) is 0. The zero-order chi connectivity index (χ0) is 25.5. The van der Waals surface area contributed by atoms with Crippen molar-refractivity contribution in [1.82, 2.24) is 0 Å². The van der Waals surface area contributed by atoms with Gasteiger partial charge in [-0.2, -0.15) is 0 Å². The molecule has 9 rings (SSSR count). The molecule has 0 aliphatic carbocycles. The van der Waals surface area contributed by atoms with E-state index in [4.69, 9.17) is 0 Å². The Kier molecular flexibility index (Phi) is 4.30. The third-order valence-electron chi connectivity index (χ3n) is 8.40. The van der Waals surface area contributed by atoms with Crippen molar-refractivity contribution < 1.29 is 0 Å². The molecule has 180 valence electrons. The summed E-state index contributed by atoms with van der Waals surface area (Å²) in [5, 5.41) is 15.9. The molecule has 0 atom stereocenters. The SMILES string of the molecule is c1ccc2cc(-c3ccc4sc5cc6c(cc5c4c3)c3ccccc3c3ccc4ccccc4c36)ccc2c1. The minimum Gasteiger partial charge on any atom is -0.135 e. The van der Waals surface area contributed by atoms with Crippen molar-refractivity contribution in [2.24, 2.45) is 0 Å². The number of hydrogen-bond acceptors (Lipinski definition) is 1. The van der Waals surface area contributed by atoms with Crippen LogP contribution in [0.15, 0.2) is 133 Å². The molecule has 0 spiro atoms. The second-order valence-corrected chi connectivity index (χ2v) is 11.6. The quantitative estimate of drug-likeness (QED) is 0.193. The maximum Gasteiger partial charge on any atom is 0.0362 e. The first-order chi connectivity index (χ1) is 19.3. The smallest absolute Gasteiger partial charge is 0.0362 e. The van der Waals surface area contributed by atoms with Crippen molar-refractivity contribution in [2.75, 3.05) is 0 Å². The predicted molar refractivity (Wildman–Crippen MR) is 172 cm³/mol. The molecule has 39 heavy (non-hydrogen) atoms. The Labute approximate surface area is 229 Å². The Morgan fingerprint density at radius 1 is 0.308 bits per heavy atom. The lowest BCUT2D eigenvalue weighted by molar-refractivity contribution is 1.69. The summed E-state index contributed by atoms with van der Waals surface area (Å²) in [7, 11) is 0. The van der Waals surface area contributed by atoms with Gasteiger partial charge in [0.2, 0.25) is 0 Å². The molecule has 0 amide bonds. The molecule has 0 bridgehead atoms. The van der Waals surface area contributed by atoms with E-state index in [2.05, 4.69) is 133 Å². The molecule has 1 heterocycles. The molecule has 1 aromatic heterocycles. The van der Waals surface area contributed by atoms with Crippen molar-refractivity contribution >= 4 is 85.4 Å². The van der Waals surface area contributed by atoms with Crippen LogP contribution in [0.2, 0.25) is 0 Å². The summed E-state index contributed by atoms with van der Waals surface area (Å²) < 4.78 is 2.68.